The van der Waals surface area contributed by atoms with Crippen LogP contribution in [0.3, 0.4) is 0 Å². The van der Waals surface area contributed by atoms with Gasteiger partial charge in [-0.2, -0.15) is 0 Å². The highest BCUT2D eigenvalue weighted by molar-refractivity contribution is 5.71. The molecular weight excluding hydrogens is 234 g/mol. The largest absolute Gasteiger partial charge is 0.383 e. The smallest absolute Gasteiger partial charge is 0.132 e. The van der Waals surface area contributed by atoms with E-state index >= 15 is 0 Å². The molecule has 1 aromatic heterocycles. The average Bonchev–Trinajstić information content (AvgIpc) is 2.69. The number of imidazole rings is 1. The molecule has 3 nitrogen and oxygen atoms in total. The van der Waals surface area contributed by atoms with Crippen molar-refractivity contribution in [1.29, 1.82) is 0 Å². The standard InChI is InChI=1S/C16H21N3/c1-4-7-14-18-15(16(17)19(14)10-5-2)13-9-6-8-12(3)11-13/h5-6,8-9,11H,2,4,7,10,17H2,1,3H3. The quantitative estimate of drug-likeness (QED) is 0.830. The number of benzene rings is 1. The summed E-state index contributed by atoms with van der Waals surface area (Å²) in [5.74, 6) is 1.77. The number of aryl methyl sites for hydroxylation is 2. The van der Waals surface area contributed by atoms with E-state index in [0.29, 0.717) is 6.54 Å². The number of nitrogens with zero attached hydrogens (tertiary/aromatic N) is 2. The van der Waals surface area contributed by atoms with Crippen LogP contribution in [0.25, 0.3) is 11.3 Å². The van der Waals surface area contributed by atoms with Gasteiger partial charge in [-0.25, -0.2) is 4.98 Å². The zero-order valence-corrected chi connectivity index (χ0v) is 11.7. The monoisotopic (exact) mass is 255 g/mol. The minimum atomic E-state index is 0.708. The predicted octanol–water partition coefficient (Wildman–Crippen LogP) is 3.58. The van der Waals surface area contributed by atoms with Crippen LogP contribution in [0.4, 0.5) is 5.82 Å². The molecule has 0 atom stereocenters. The van der Waals surface area contributed by atoms with Crippen molar-refractivity contribution in [2.24, 2.45) is 0 Å². The zero-order valence-electron chi connectivity index (χ0n) is 11.7. The first-order chi connectivity index (χ1) is 9.17. The summed E-state index contributed by atoms with van der Waals surface area (Å²) in [6, 6.07) is 8.29. The first-order valence-corrected chi connectivity index (χ1v) is 6.70. The Labute approximate surface area is 114 Å². The van der Waals surface area contributed by atoms with Crippen LogP contribution in [0.5, 0.6) is 0 Å². The van der Waals surface area contributed by atoms with E-state index in [1.54, 1.807) is 0 Å². The van der Waals surface area contributed by atoms with Gasteiger partial charge in [-0.1, -0.05) is 36.8 Å². The zero-order chi connectivity index (χ0) is 13.8. The molecule has 1 heterocycles. The molecule has 2 N–H and O–H groups in total. The minimum absolute atomic E-state index is 0.708. The number of rotatable bonds is 5. The normalized spacial score (nSPS) is 10.6. The van der Waals surface area contributed by atoms with E-state index in [0.717, 1.165) is 35.7 Å². The molecule has 0 aliphatic heterocycles. The summed E-state index contributed by atoms with van der Waals surface area (Å²) in [4.78, 5) is 4.72. The summed E-state index contributed by atoms with van der Waals surface area (Å²) in [7, 11) is 0. The number of nitrogens with two attached hydrogens (primary N) is 1. The van der Waals surface area contributed by atoms with Crippen molar-refractivity contribution < 1.29 is 0 Å². The molecule has 0 aliphatic carbocycles. The van der Waals surface area contributed by atoms with Crippen LogP contribution < -0.4 is 5.73 Å². The molecule has 2 aromatic rings. The summed E-state index contributed by atoms with van der Waals surface area (Å²) in [5.41, 5.74) is 9.43. The highest BCUT2D eigenvalue weighted by Crippen LogP contribution is 2.27. The third-order valence-electron chi connectivity index (χ3n) is 3.16. The lowest BCUT2D eigenvalue weighted by Crippen LogP contribution is -2.05. The molecule has 0 spiro atoms. The summed E-state index contributed by atoms with van der Waals surface area (Å²) >= 11 is 0. The van der Waals surface area contributed by atoms with Crippen molar-refractivity contribution in [2.45, 2.75) is 33.2 Å². The van der Waals surface area contributed by atoms with Gasteiger partial charge in [0.15, 0.2) is 0 Å². The maximum atomic E-state index is 6.26. The van der Waals surface area contributed by atoms with Crippen molar-refractivity contribution in [3.8, 4) is 11.3 Å². The fraction of sp³-hybridized carbons (Fsp3) is 0.312. The van der Waals surface area contributed by atoms with Crippen LogP contribution in [0.2, 0.25) is 0 Å². The molecule has 0 fully saturated rings. The maximum Gasteiger partial charge on any atom is 0.132 e. The molecule has 1 aromatic carbocycles. The van der Waals surface area contributed by atoms with Crippen molar-refractivity contribution in [2.75, 3.05) is 5.73 Å². The summed E-state index contributed by atoms with van der Waals surface area (Å²) in [6.45, 7) is 8.72. The second kappa shape index (κ2) is 5.74. The summed E-state index contributed by atoms with van der Waals surface area (Å²) < 4.78 is 2.05. The average molecular weight is 255 g/mol. The minimum Gasteiger partial charge on any atom is -0.383 e. The fourth-order valence-corrected chi connectivity index (χ4v) is 2.27. The van der Waals surface area contributed by atoms with Gasteiger partial charge >= 0.3 is 0 Å². The lowest BCUT2D eigenvalue weighted by atomic mass is 10.1. The Morgan fingerprint density at radius 3 is 2.84 bits per heavy atom. The number of anilines is 1. The molecule has 100 valence electrons. The lowest BCUT2D eigenvalue weighted by Gasteiger charge is -2.06. The second-order valence-corrected chi connectivity index (χ2v) is 4.78. The number of aromatic nitrogens is 2. The van der Waals surface area contributed by atoms with E-state index in [1.165, 1.54) is 5.56 Å². The topological polar surface area (TPSA) is 43.8 Å². The Kier molecular flexibility index (Phi) is 4.05. The van der Waals surface area contributed by atoms with Gasteiger partial charge < -0.3 is 10.3 Å². The molecule has 0 unspecified atom stereocenters. The van der Waals surface area contributed by atoms with Crippen molar-refractivity contribution in [1.82, 2.24) is 9.55 Å². The predicted molar refractivity (Wildman–Crippen MR) is 81.0 cm³/mol. The fourth-order valence-electron chi connectivity index (χ4n) is 2.27. The third-order valence-corrected chi connectivity index (χ3v) is 3.16. The Hall–Kier alpha value is -2.03. The van der Waals surface area contributed by atoms with Gasteiger partial charge in [0.25, 0.3) is 0 Å². The molecule has 0 amide bonds. The summed E-state index contributed by atoms with van der Waals surface area (Å²) in [6.07, 6.45) is 3.85. The van der Waals surface area contributed by atoms with E-state index in [1.807, 2.05) is 16.7 Å². The van der Waals surface area contributed by atoms with Crippen molar-refractivity contribution in [3.05, 3.63) is 48.3 Å². The molecule has 0 saturated carbocycles. The van der Waals surface area contributed by atoms with Crippen LogP contribution in [0, 0.1) is 6.92 Å². The third kappa shape index (κ3) is 2.70. The molecule has 19 heavy (non-hydrogen) atoms. The van der Waals surface area contributed by atoms with Gasteiger partial charge in [0.05, 0.1) is 0 Å². The Balaban J connectivity index is 2.51. The van der Waals surface area contributed by atoms with Crippen LogP contribution in [0.15, 0.2) is 36.9 Å². The van der Waals surface area contributed by atoms with Gasteiger partial charge in [-0.05, 0) is 19.4 Å². The van der Waals surface area contributed by atoms with Crippen molar-refractivity contribution in [3.63, 3.8) is 0 Å². The van der Waals surface area contributed by atoms with Gasteiger partial charge in [0, 0.05) is 18.5 Å². The number of hydrogen-bond donors (Lipinski definition) is 1. The molecular formula is C16H21N3. The number of nitrogen functional groups attached to an aromatic ring is 1. The molecule has 0 radical (unpaired) electrons. The van der Waals surface area contributed by atoms with Crippen LogP contribution in [0.1, 0.15) is 24.7 Å². The van der Waals surface area contributed by atoms with Crippen molar-refractivity contribution >= 4 is 5.82 Å². The van der Waals surface area contributed by atoms with E-state index in [9.17, 15) is 0 Å². The van der Waals surface area contributed by atoms with Crippen LogP contribution in [-0.2, 0) is 13.0 Å². The highest BCUT2D eigenvalue weighted by atomic mass is 15.1. The molecule has 3 heteroatoms. The van der Waals surface area contributed by atoms with E-state index in [2.05, 4.69) is 38.6 Å². The van der Waals surface area contributed by atoms with Gasteiger partial charge in [0.2, 0.25) is 0 Å². The van der Waals surface area contributed by atoms with Crippen LogP contribution in [-0.4, -0.2) is 9.55 Å². The lowest BCUT2D eigenvalue weighted by molar-refractivity contribution is 0.724. The van der Waals surface area contributed by atoms with Gasteiger partial charge in [-0.3, -0.25) is 0 Å². The molecule has 2 rings (SSSR count). The van der Waals surface area contributed by atoms with E-state index in [-0.39, 0.29) is 0 Å². The number of allylic oxidation sites excluding steroid dienone is 1. The molecule has 0 aliphatic rings. The summed E-state index contributed by atoms with van der Waals surface area (Å²) in [5, 5.41) is 0. The van der Waals surface area contributed by atoms with E-state index < -0.39 is 0 Å². The first kappa shape index (κ1) is 13.4. The number of hydrogen-bond acceptors (Lipinski definition) is 2. The maximum absolute atomic E-state index is 6.26. The first-order valence-electron chi connectivity index (χ1n) is 6.70. The van der Waals surface area contributed by atoms with Gasteiger partial charge in [0.1, 0.15) is 17.3 Å². The Morgan fingerprint density at radius 2 is 2.21 bits per heavy atom. The molecule has 0 saturated heterocycles. The second-order valence-electron chi connectivity index (χ2n) is 4.78. The van der Waals surface area contributed by atoms with Gasteiger partial charge in [-0.15, -0.1) is 6.58 Å². The Bertz CT molecular complexity index is 582. The van der Waals surface area contributed by atoms with E-state index in [4.69, 9.17) is 10.7 Å². The van der Waals surface area contributed by atoms with Crippen LogP contribution >= 0.6 is 0 Å². The molecule has 0 bridgehead atoms. The highest BCUT2D eigenvalue weighted by Gasteiger charge is 2.14. The Morgan fingerprint density at radius 1 is 1.42 bits per heavy atom. The SMILES string of the molecule is C=CCn1c(CCC)nc(-c2cccc(C)c2)c1N.